The maximum atomic E-state index is 12.5. The van der Waals surface area contributed by atoms with Gasteiger partial charge in [0, 0.05) is 19.1 Å². The summed E-state index contributed by atoms with van der Waals surface area (Å²) in [6.45, 7) is 8.62. The van der Waals surface area contributed by atoms with Crippen molar-refractivity contribution in [1.82, 2.24) is 9.80 Å². The topological polar surface area (TPSA) is 75.9 Å². The van der Waals surface area contributed by atoms with E-state index in [9.17, 15) is 9.59 Å². The first-order chi connectivity index (χ1) is 10.7. The highest BCUT2D eigenvalue weighted by molar-refractivity contribution is 5.82. The Balaban J connectivity index is 2.05. The van der Waals surface area contributed by atoms with E-state index in [1.54, 1.807) is 11.8 Å². The van der Waals surface area contributed by atoms with Crippen molar-refractivity contribution < 1.29 is 14.3 Å². The summed E-state index contributed by atoms with van der Waals surface area (Å²) in [4.78, 5) is 28.5. The summed E-state index contributed by atoms with van der Waals surface area (Å²) in [6, 6.07) is -0.160. The van der Waals surface area contributed by atoms with E-state index in [1.165, 1.54) is 0 Å². The van der Waals surface area contributed by atoms with Gasteiger partial charge in [0.05, 0.1) is 12.1 Å². The molecular weight excluding hydrogens is 294 g/mol. The van der Waals surface area contributed by atoms with Crippen LogP contribution in [0.2, 0.25) is 0 Å². The molecule has 1 aliphatic heterocycles. The highest BCUT2D eigenvalue weighted by Crippen LogP contribution is 2.30. The number of nitrogens with two attached hydrogens (primary N) is 1. The molecule has 0 spiro atoms. The Morgan fingerprint density at radius 1 is 1.26 bits per heavy atom. The molecule has 6 heteroatoms. The average Bonchev–Trinajstić information content (AvgIpc) is 3.27. The third-order valence-electron chi connectivity index (χ3n) is 4.32. The zero-order valence-corrected chi connectivity index (χ0v) is 14.9. The van der Waals surface area contributed by atoms with Gasteiger partial charge in [0.25, 0.3) is 0 Å². The quantitative estimate of drug-likeness (QED) is 0.859. The molecule has 0 radical (unpaired) electrons. The monoisotopic (exact) mass is 325 g/mol. The predicted octanol–water partition coefficient (Wildman–Crippen LogP) is 2.11. The normalized spacial score (nSPS) is 23.3. The molecule has 1 saturated carbocycles. The van der Waals surface area contributed by atoms with Gasteiger partial charge in [0.1, 0.15) is 5.60 Å². The van der Waals surface area contributed by atoms with Gasteiger partial charge in [-0.15, -0.1) is 0 Å². The highest BCUT2D eigenvalue weighted by atomic mass is 16.6. The van der Waals surface area contributed by atoms with Crippen molar-refractivity contribution in [3.8, 4) is 0 Å². The van der Waals surface area contributed by atoms with Crippen LogP contribution in [0.5, 0.6) is 0 Å². The molecule has 2 unspecified atom stereocenters. The SMILES string of the molecule is CC(N)C(=O)N(CC1CCCCN1C(=O)OC(C)(C)C)C1CC1. The number of hydrogen-bond acceptors (Lipinski definition) is 4. The summed E-state index contributed by atoms with van der Waals surface area (Å²) in [5.74, 6) is -0.0118. The first-order valence-electron chi connectivity index (χ1n) is 8.74. The lowest BCUT2D eigenvalue weighted by Crippen LogP contribution is -2.54. The van der Waals surface area contributed by atoms with Crippen molar-refractivity contribution in [3.05, 3.63) is 0 Å². The second-order valence-electron chi connectivity index (χ2n) is 7.83. The number of likely N-dealkylation sites (tertiary alicyclic amines) is 1. The maximum Gasteiger partial charge on any atom is 0.410 e. The van der Waals surface area contributed by atoms with Gasteiger partial charge in [0.15, 0.2) is 0 Å². The second kappa shape index (κ2) is 7.07. The van der Waals surface area contributed by atoms with Crippen LogP contribution in [0, 0.1) is 0 Å². The molecule has 2 N–H and O–H groups in total. The molecule has 0 aromatic carbocycles. The Morgan fingerprint density at radius 3 is 2.43 bits per heavy atom. The second-order valence-corrected chi connectivity index (χ2v) is 7.83. The number of ether oxygens (including phenoxy) is 1. The van der Waals surface area contributed by atoms with E-state index >= 15 is 0 Å². The molecule has 0 aromatic rings. The average molecular weight is 325 g/mol. The Labute approximate surface area is 139 Å². The van der Waals surface area contributed by atoms with Gasteiger partial charge in [-0.1, -0.05) is 0 Å². The van der Waals surface area contributed by atoms with Gasteiger partial charge in [-0.3, -0.25) is 4.79 Å². The largest absolute Gasteiger partial charge is 0.444 e. The molecule has 0 aromatic heterocycles. The molecule has 0 bridgehead atoms. The standard InChI is InChI=1S/C17H31N3O3/c1-12(18)15(21)20(13-8-9-13)11-14-7-5-6-10-19(14)16(22)23-17(2,3)4/h12-14H,5-11,18H2,1-4H3. The Morgan fingerprint density at radius 2 is 1.91 bits per heavy atom. The van der Waals surface area contributed by atoms with Crippen LogP contribution in [0.4, 0.5) is 4.79 Å². The predicted molar refractivity (Wildman–Crippen MR) is 89.0 cm³/mol. The maximum absolute atomic E-state index is 12.5. The van der Waals surface area contributed by atoms with E-state index in [1.807, 2.05) is 25.7 Å². The lowest BCUT2D eigenvalue weighted by Gasteiger charge is -2.39. The molecule has 1 aliphatic carbocycles. The van der Waals surface area contributed by atoms with E-state index < -0.39 is 11.6 Å². The Bertz CT molecular complexity index is 441. The molecule has 2 aliphatic rings. The van der Waals surface area contributed by atoms with Crippen LogP contribution >= 0.6 is 0 Å². The number of rotatable bonds is 4. The Hall–Kier alpha value is -1.30. The fourth-order valence-electron chi connectivity index (χ4n) is 3.05. The molecule has 2 amide bonds. The third kappa shape index (κ3) is 5.09. The highest BCUT2D eigenvalue weighted by Gasteiger charge is 2.38. The van der Waals surface area contributed by atoms with Crippen molar-refractivity contribution >= 4 is 12.0 Å². The molecule has 23 heavy (non-hydrogen) atoms. The van der Waals surface area contributed by atoms with Crippen molar-refractivity contribution in [3.63, 3.8) is 0 Å². The van der Waals surface area contributed by atoms with Crippen LogP contribution in [0.1, 0.15) is 59.8 Å². The molecule has 6 nitrogen and oxygen atoms in total. The summed E-state index contributed by atoms with van der Waals surface area (Å²) < 4.78 is 5.53. The summed E-state index contributed by atoms with van der Waals surface area (Å²) in [6.07, 6.45) is 4.78. The van der Waals surface area contributed by atoms with Crippen molar-refractivity contribution in [1.29, 1.82) is 0 Å². The van der Waals surface area contributed by atoms with Crippen LogP contribution in [0.3, 0.4) is 0 Å². The van der Waals surface area contributed by atoms with Crippen molar-refractivity contribution in [2.75, 3.05) is 13.1 Å². The molecule has 132 valence electrons. The lowest BCUT2D eigenvalue weighted by molar-refractivity contribution is -0.133. The lowest BCUT2D eigenvalue weighted by atomic mass is 10.0. The zero-order chi connectivity index (χ0) is 17.2. The van der Waals surface area contributed by atoms with E-state index in [0.717, 1.165) is 32.1 Å². The summed E-state index contributed by atoms with van der Waals surface area (Å²) >= 11 is 0. The molecule has 1 saturated heterocycles. The molecule has 1 heterocycles. The molecule has 2 atom stereocenters. The Kier molecular flexibility index (Phi) is 5.55. The van der Waals surface area contributed by atoms with Gasteiger partial charge in [-0.05, 0) is 59.8 Å². The van der Waals surface area contributed by atoms with Crippen LogP contribution < -0.4 is 5.73 Å². The smallest absolute Gasteiger partial charge is 0.410 e. The van der Waals surface area contributed by atoms with E-state index in [2.05, 4.69) is 0 Å². The number of carbonyl (C=O) groups excluding carboxylic acids is 2. The summed E-state index contributed by atoms with van der Waals surface area (Å²) in [5.41, 5.74) is 5.29. The van der Waals surface area contributed by atoms with Crippen molar-refractivity contribution in [2.45, 2.75) is 83.5 Å². The number of hydrogen-bond donors (Lipinski definition) is 1. The fourth-order valence-corrected chi connectivity index (χ4v) is 3.05. The van der Waals surface area contributed by atoms with E-state index in [0.29, 0.717) is 19.1 Å². The minimum Gasteiger partial charge on any atom is -0.444 e. The number of nitrogens with zero attached hydrogens (tertiary/aromatic N) is 2. The summed E-state index contributed by atoms with van der Waals surface area (Å²) in [7, 11) is 0. The van der Waals surface area contributed by atoms with Crippen LogP contribution in [-0.4, -0.2) is 58.6 Å². The first kappa shape index (κ1) is 18.0. The minimum atomic E-state index is -0.503. The van der Waals surface area contributed by atoms with Crippen LogP contribution in [0.25, 0.3) is 0 Å². The van der Waals surface area contributed by atoms with Crippen LogP contribution in [0.15, 0.2) is 0 Å². The van der Waals surface area contributed by atoms with Gasteiger partial charge in [0.2, 0.25) is 5.91 Å². The van der Waals surface area contributed by atoms with Crippen LogP contribution in [-0.2, 0) is 9.53 Å². The van der Waals surface area contributed by atoms with E-state index in [-0.39, 0.29) is 18.0 Å². The molecule has 2 fully saturated rings. The van der Waals surface area contributed by atoms with Gasteiger partial charge in [-0.2, -0.15) is 0 Å². The number of carbonyl (C=O) groups is 2. The van der Waals surface area contributed by atoms with Gasteiger partial charge < -0.3 is 20.3 Å². The van der Waals surface area contributed by atoms with E-state index in [4.69, 9.17) is 10.5 Å². The van der Waals surface area contributed by atoms with Crippen molar-refractivity contribution in [2.24, 2.45) is 5.73 Å². The number of piperidine rings is 1. The third-order valence-corrected chi connectivity index (χ3v) is 4.32. The van der Waals surface area contributed by atoms with Gasteiger partial charge >= 0.3 is 6.09 Å². The first-order valence-corrected chi connectivity index (χ1v) is 8.74. The molecule has 2 rings (SSSR count). The fraction of sp³-hybridized carbons (Fsp3) is 0.882. The minimum absolute atomic E-state index is 0.0118. The number of amides is 2. The zero-order valence-electron chi connectivity index (χ0n) is 14.9. The summed E-state index contributed by atoms with van der Waals surface area (Å²) in [5, 5.41) is 0. The van der Waals surface area contributed by atoms with Gasteiger partial charge in [-0.25, -0.2) is 4.79 Å². The molecular formula is C17H31N3O3.